The van der Waals surface area contributed by atoms with E-state index in [0.717, 1.165) is 11.1 Å². The fraction of sp³-hybridized carbons (Fsp3) is 0.158. The molecule has 0 saturated heterocycles. The normalized spacial score (nSPS) is 10.5. The van der Waals surface area contributed by atoms with Crippen LogP contribution in [-0.4, -0.2) is 22.3 Å². The molecular formula is C19H18ClN3O2. The lowest BCUT2D eigenvalue weighted by Crippen LogP contribution is -2.22. The van der Waals surface area contributed by atoms with Crippen molar-refractivity contribution < 1.29 is 9.53 Å². The fourth-order valence-corrected chi connectivity index (χ4v) is 2.47. The number of hydrogen-bond donors (Lipinski definition) is 1. The first kappa shape index (κ1) is 17.0. The Morgan fingerprint density at radius 2 is 2.00 bits per heavy atom. The van der Waals surface area contributed by atoms with Crippen molar-refractivity contribution in [1.82, 2.24) is 9.78 Å². The van der Waals surface area contributed by atoms with E-state index in [0.29, 0.717) is 23.1 Å². The highest BCUT2D eigenvalue weighted by Crippen LogP contribution is 2.21. The van der Waals surface area contributed by atoms with E-state index in [-0.39, 0.29) is 12.5 Å². The average molecular weight is 356 g/mol. The number of anilines is 1. The molecule has 0 aliphatic rings. The molecule has 0 unspecified atom stereocenters. The van der Waals surface area contributed by atoms with E-state index in [1.807, 2.05) is 37.3 Å². The van der Waals surface area contributed by atoms with Gasteiger partial charge in [-0.3, -0.25) is 4.79 Å². The number of aryl methyl sites for hydroxylation is 1. The largest absolute Gasteiger partial charge is 0.484 e. The summed E-state index contributed by atoms with van der Waals surface area (Å²) in [6.07, 6.45) is 1.65. The Morgan fingerprint density at radius 1 is 1.20 bits per heavy atom. The third-order valence-corrected chi connectivity index (χ3v) is 4.08. The minimum Gasteiger partial charge on any atom is -0.484 e. The van der Waals surface area contributed by atoms with Crippen molar-refractivity contribution in [3.63, 3.8) is 0 Å². The molecule has 0 spiro atoms. The highest BCUT2D eigenvalue weighted by Gasteiger charge is 2.09. The number of nitrogens with zero attached hydrogens (tertiary/aromatic N) is 2. The summed E-state index contributed by atoms with van der Waals surface area (Å²) in [5, 5.41) is 7.74. The van der Waals surface area contributed by atoms with Crippen LogP contribution in [0.5, 0.6) is 5.75 Å². The Morgan fingerprint density at radius 3 is 2.76 bits per heavy atom. The molecule has 1 N–H and O–H groups in total. The smallest absolute Gasteiger partial charge is 0.263 e. The lowest BCUT2D eigenvalue weighted by atomic mass is 10.2. The molecule has 2 aromatic carbocycles. The highest BCUT2D eigenvalue weighted by molar-refractivity contribution is 6.31. The lowest BCUT2D eigenvalue weighted by Gasteiger charge is -2.10. The molecule has 1 amide bonds. The number of amides is 1. The zero-order valence-corrected chi connectivity index (χ0v) is 14.5. The molecule has 0 bridgehead atoms. The van der Waals surface area contributed by atoms with Gasteiger partial charge in [0.15, 0.2) is 6.61 Å². The second kappa shape index (κ2) is 7.85. The van der Waals surface area contributed by atoms with Crippen molar-refractivity contribution >= 4 is 23.3 Å². The van der Waals surface area contributed by atoms with Gasteiger partial charge in [-0.05, 0) is 36.2 Å². The zero-order chi connectivity index (χ0) is 17.6. The Labute approximate surface area is 151 Å². The molecule has 25 heavy (non-hydrogen) atoms. The minimum atomic E-state index is -0.248. The molecule has 6 heteroatoms. The van der Waals surface area contributed by atoms with Crippen LogP contribution in [0.1, 0.15) is 11.1 Å². The summed E-state index contributed by atoms with van der Waals surface area (Å²) in [6, 6.07) is 17.0. The van der Waals surface area contributed by atoms with Crippen LogP contribution in [0.3, 0.4) is 0 Å². The number of hydrogen-bond acceptors (Lipinski definition) is 3. The van der Waals surface area contributed by atoms with Gasteiger partial charge in [0.2, 0.25) is 0 Å². The van der Waals surface area contributed by atoms with Crippen LogP contribution < -0.4 is 10.1 Å². The number of halogens is 1. The standard InChI is InChI=1S/C19H18ClN3O2/c1-14-11-16(7-8-17(14)20)25-13-19(24)22-18-9-10-21-23(18)12-15-5-3-2-4-6-15/h2-11H,12-13H2,1H3,(H,22,24). The fourth-order valence-electron chi connectivity index (χ4n) is 2.36. The maximum atomic E-state index is 12.1. The predicted octanol–water partition coefficient (Wildman–Crippen LogP) is 3.91. The van der Waals surface area contributed by atoms with Crippen LogP contribution in [0.2, 0.25) is 5.02 Å². The van der Waals surface area contributed by atoms with Crippen LogP contribution in [0.15, 0.2) is 60.8 Å². The molecule has 0 fully saturated rings. The maximum absolute atomic E-state index is 12.1. The predicted molar refractivity (Wildman–Crippen MR) is 98.1 cm³/mol. The van der Waals surface area contributed by atoms with Crippen LogP contribution >= 0.6 is 11.6 Å². The van der Waals surface area contributed by atoms with Crippen molar-refractivity contribution in [3.8, 4) is 5.75 Å². The molecule has 1 heterocycles. The number of aromatic nitrogens is 2. The molecule has 0 radical (unpaired) electrons. The van der Waals surface area contributed by atoms with Crippen LogP contribution in [-0.2, 0) is 11.3 Å². The Bertz CT molecular complexity index is 862. The zero-order valence-electron chi connectivity index (χ0n) is 13.8. The van der Waals surface area contributed by atoms with Gasteiger partial charge in [-0.15, -0.1) is 0 Å². The van der Waals surface area contributed by atoms with Crippen molar-refractivity contribution in [2.45, 2.75) is 13.5 Å². The molecule has 5 nitrogen and oxygen atoms in total. The monoisotopic (exact) mass is 355 g/mol. The Kier molecular flexibility index (Phi) is 5.36. The Balaban J connectivity index is 1.58. The van der Waals surface area contributed by atoms with Crippen LogP contribution in [0.25, 0.3) is 0 Å². The second-order valence-corrected chi connectivity index (χ2v) is 6.01. The SMILES string of the molecule is Cc1cc(OCC(=O)Nc2ccnn2Cc2ccccc2)ccc1Cl. The number of ether oxygens (including phenoxy) is 1. The summed E-state index contributed by atoms with van der Waals surface area (Å²) in [4.78, 5) is 12.1. The van der Waals surface area contributed by atoms with Crippen LogP contribution in [0, 0.1) is 6.92 Å². The van der Waals surface area contributed by atoms with Gasteiger partial charge in [0, 0.05) is 11.1 Å². The molecule has 3 aromatic rings. The van der Waals surface area contributed by atoms with Crippen molar-refractivity contribution in [2.75, 3.05) is 11.9 Å². The summed E-state index contributed by atoms with van der Waals surface area (Å²) >= 11 is 5.98. The van der Waals surface area contributed by atoms with Crippen LogP contribution in [0.4, 0.5) is 5.82 Å². The number of nitrogens with one attached hydrogen (secondary N) is 1. The molecule has 0 atom stereocenters. The maximum Gasteiger partial charge on any atom is 0.263 e. The first-order valence-corrected chi connectivity index (χ1v) is 8.24. The summed E-state index contributed by atoms with van der Waals surface area (Å²) in [7, 11) is 0. The second-order valence-electron chi connectivity index (χ2n) is 5.61. The third kappa shape index (κ3) is 4.61. The van der Waals surface area contributed by atoms with Gasteiger partial charge in [-0.25, -0.2) is 4.68 Å². The molecular weight excluding hydrogens is 338 g/mol. The third-order valence-electron chi connectivity index (χ3n) is 3.66. The van der Waals surface area contributed by atoms with Gasteiger partial charge in [-0.2, -0.15) is 5.10 Å². The van der Waals surface area contributed by atoms with Gasteiger partial charge in [0.25, 0.3) is 5.91 Å². The lowest BCUT2D eigenvalue weighted by molar-refractivity contribution is -0.118. The number of carbonyl (C=O) groups excluding carboxylic acids is 1. The first-order valence-electron chi connectivity index (χ1n) is 7.86. The molecule has 128 valence electrons. The molecule has 0 aliphatic heterocycles. The highest BCUT2D eigenvalue weighted by atomic mass is 35.5. The molecule has 0 saturated carbocycles. The van der Waals surface area contributed by atoms with E-state index in [4.69, 9.17) is 16.3 Å². The quantitative estimate of drug-likeness (QED) is 0.729. The summed E-state index contributed by atoms with van der Waals surface area (Å²) in [5.74, 6) is 0.988. The van der Waals surface area contributed by atoms with E-state index in [2.05, 4.69) is 10.4 Å². The van der Waals surface area contributed by atoms with Gasteiger partial charge in [0.05, 0.1) is 12.7 Å². The van der Waals surface area contributed by atoms with Crippen molar-refractivity contribution in [2.24, 2.45) is 0 Å². The minimum absolute atomic E-state index is 0.0857. The van der Waals surface area contributed by atoms with E-state index in [9.17, 15) is 4.79 Å². The van der Waals surface area contributed by atoms with E-state index < -0.39 is 0 Å². The molecule has 3 rings (SSSR count). The van der Waals surface area contributed by atoms with Gasteiger partial charge < -0.3 is 10.1 Å². The van der Waals surface area contributed by atoms with Gasteiger partial charge in [-0.1, -0.05) is 41.9 Å². The van der Waals surface area contributed by atoms with E-state index in [1.54, 1.807) is 35.1 Å². The van der Waals surface area contributed by atoms with E-state index in [1.165, 1.54) is 0 Å². The number of rotatable bonds is 6. The summed E-state index contributed by atoms with van der Waals surface area (Å²) < 4.78 is 7.25. The van der Waals surface area contributed by atoms with Crippen molar-refractivity contribution in [3.05, 3.63) is 76.9 Å². The van der Waals surface area contributed by atoms with Crippen molar-refractivity contribution in [1.29, 1.82) is 0 Å². The topological polar surface area (TPSA) is 56.1 Å². The average Bonchev–Trinajstić information content (AvgIpc) is 3.03. The summed E-state index contributed by atoms with van der Waals surface area (Å²) in [5.41, 5.74) is 2.01. The number of carbonyl (C=O) groups is 1. The first-order chi connectivity index (χ1) is 12.1. The number of benzene rings is 2. The van der Waals surface area contributed by atoms with E-state index >= 15 is 0 Å². The Hall–Kier alpha value is -2.79. The molecule has 0 aliphatic carbocycles. The van der Waals surface area contributed by atoms with Gasteiger partial charge in [0.1, 0.15) is 11.6 Å². The van der Waals surface area contributed by atoms with Gasteiger partial charge >= 0.3 is 0 Å². The summed E-state index contributed by atoms with van der Waals surface area (Å²) in [6.45, 7) is 2.38. The molecule has 1 aromatic heterocycles.